The Labute approximate surface area is 68.6 Å². The molecule has 64 valence electrons. The van der Waals surface area contributed by atoms with Gasteiger partial charge in [0.25, 0.3) is 0 Å². The van der Waals surface area contributed by atoms with Gasteiger partial charge in [-0.2, -0.15) is 0 Å². The molecule has 11 heavy (non-hydrogen) atoms. The Bertz CT molecular complexity index is 165. The van der Waals surface area contributed by atoms with Crippen LogP contribution in [0.5, 0.6) is 0 Å². The molecule has 0 unspecified atom stereocenters. The maximum atomic E-state index is 2.17. The standard InChI is InChI=1S/C8H10.C2H6.FH/c1-7-4-3-5-8(2)6-7;1-2;/h3-6H,1-2H3;1-2H3;1H. The third-order valence-corrected chi connectivity index (χ3v) is 1.17. The third-order valence-electron chi connectivity index (χ3n) is 1.17. The summed E-state index contributed by atoms with van der Waals surface area (Å²) in [5.41, 5.74) is 2.68. The minimum Gasteiger partial charge on any atom is -0.269 e. The molecule has 0 spiro atoms. The average molecular weight is 156 g/mol. The molecule has 1 rings (SSSR count). The first kappa shape index (κ1) is 12.8. The van der Waals surface area contributed by atoms with E-state index in [1.54, 1.807) is 0 Å². The van der Waals surface area contributed by atoms with Crippen molar-refractivity contribution in [3.05, 3.63) is 35.4 Å². The topological polar surface area (TPSA) is 0 Å². The molecule has 0 saturated carbocycles. The van der Waals surface area contributed by atoms with Crippen molar-refractivity contribution in [3.63, 3.8) is 0 Å². The van der Waals surface area contributed by atoms with Crippen molar-refractivity contribution in [2.24, 2.45) is 0 Å². The fraction of sp³-hybridized carbons (Fsp3) is 0.400. The van der Waals surface area contributed by atoms with Crippen LogP contribution >= 0.6 is 0 Å². The number of hydrogen-bond acceptors (Lipinski definition) is 0. The van der Waals surface area contributed by atoms with E-state index in [0.29, 0.717) is 0 Å². The number of rotatable bonds is 0. The van der Waals surface area contributed by atoms with Crippen LogP contribution in [0.15, 0.2) is 24.3 Å². The maximum Gasteiger partial charge on any atom is -0.0398 e. The lowest BCUT2D eigenvalue weighted by Crippen LogP contribution is -1.71. The van der Waals surface area contributed by atoms with Gasteiger partial charge in [0.05, 0.1) is 0 Å². The van der Waals surface area contributed by atoms with Gasteiger partial charge in [0.15, 0.2) is 0 Å². The predicted molar refractivity (Wildman–Crippen MR) is 49.8 cm³/mol. The van der Waals surface area contributed by atoms with Crippen LogP contribution in [0.25, 0.3) is 0 Å². The molecular formula is C10H17F. The van der Waals surface area contributed by atoms with E-state index in [-0.39, 0.29) is 4.70 Å². The van der Waals surface area contributed by atoms with E-state index < -0.39 is 0 Å². The zero-order valence-corrected chi connectivity index (χ0v) is 7.72. The summed E-state index contributed by atoms with van der Waals surface area (Å²) < 4.78 is 0. The van der Waals surface area contributed by atoms with Crippen LogP contribution in [0.2, 0.25) is 0 Å². The van der Waals surface area contributed by atoms with Gasteiger partial charge in [-0.05, 0) is 13.8 Å². The zero-order valence-electron chi connectivity index (χ0n) is 7.72. The molecule has 0 radical (unpaired) electrons. The molecule has 0 saturated heterocycles. The van der Waals surface area contributed by atoms with Crippen molar-refractivity contribution in [3.8, 4) is 0 Å². The normalized spacial score (nSPS) is 7.27. The summed E-state index contributed by atoms with van der Waals surface area (Å²) in [7, 11) is 0. The first-order chi connectivity index (χ1) is 4.79. The molecule has 0 fully saturated rings. The summed E-state index contributed by atoms with van der Waals surface area (Å²) in [6, 6.07) is 8.45. The van der Waals surface area contributed by atoms with Gasteiger partial charge >= 0.3 is 0 Å². The Hall–Kier alpha value is -0.850. The number of benzene rings is 1. The molecule has 0 atom stereocenters. The minimum absolute atomic E-state index is 0. The van der Waals surface area contributed by atoms with Gasteiger partial charge < -0.3 is 0 Å². The Morgan fingerprint density at radius 1 is 0.909 bits per heavy atom. The first-order valence-corrected chi connectivity index (χ1v) is 3.82. The summed E-state index contributed by atoms with van der Waals surface area (Å²) in [6.07, 6.45) is 0. The molecule has 0 aliphatic rings. The summed E-state index contributed by atoms with van der Waals surface area (Å²) in [6.45, 7) is 8.21. The van der Waals surface area contributed by atoms with Crippen LogP contribution in [0, 0.1) is 13.8 Å². The lowest BCUT2D eigenvalue weighted by atomic mass is 10.2. The van der Waals surface area contributed by atoms with Crippen LogP contribution in [0.3, 0.4) is 0 Å². The molecule has 0 amide bonds. The summed E-state index contributed by atoms with van der Waals surface area (Å²) in [4.78, 5) is 0. The molecule has 1 aromatic rings. The van der Waals surface area contributed by atoms with Crippen LogP contribution in [-0.2, 0) is 0 Å². The molecule has 0 aliphatic carbocycles. The number of hydrogen-bond donors (Lipinski definition) is 0. The first-order valence-electron chi connectivity index (χ1n) is 3.82. The Morgan fingerprint density at radius 2 is 1.27 bits per heavy atom. The molecule has 0 aliphatic heterocycles. The Balaban J connectivity index is 0. The second kappa shape index (κ2) is 7.26. The summed E-state index contributed by atoms with van der Waals surface area (Å²) >= 11 is 0. The Kier molecular flexibility index (Phi) is 8.44. The monoisotopic (exact) mass is 156 g/mol. The lowest BCUT2D eigenvalue weighted by Gasteiger charge is -1.90. The fourth-order valence-electron chi connectivity index (χ4n) is 0.807. The van der Waals surface area contributed by atoms with E-state index >= 15 is 0 Å². The van der Waals surface area contributed by atoms with Gasteiger partial charge in [0.2, 0.25) is 0 Å². The summed E-state index contributed by atoms with van der Waals surface area (Å²) in [5.74, 6) is 0. The zero-order chi connectivity index (χ0) is 7.98. The molecule has 0 aromatic heterocycles. The van der Waals surface area contributed by atoms with E-state index in [9.17, 15) is 0 Å². The van der Waals surface area contributed by atoms with Gasteiger partial charge in [0, 0.05) is 0 Å². The van der Waals surface area contributed by atoms with Crippen molar-refractivity contribution in [2.75, 3.05) is 0 Å². The van der Waals surface area contributed by atoms with Crippen LogP contribution in [0.4, 0.5) is 4.70 Å². The third kappa shape index (κ3) is 5.59. The van der Waals surface area contributed by atoms with Gasteiger partial charge in [-0.1, -0.05) is 49.2 Å². The van der Waals surface area contributed by atoms with Crippen molar-refractivity contribution < 1.29 is 4.70 Å². The van der Waals surface area contributed by atoms with E-state index in [1.807, 2.05) is 13.8 Å². The van der Waals surface area contributed by atoms with Crippen molar-refractivity contribution in [2.45, 2.75) is 27.7 Å². The molecule has 0 bridgehead atoms. The highest BCUT2D eigenvalue weighted by molar-refractivity contribution is 5.20. The molecule has 1 aromatic carbocycles. The Morgan fingerprint density at radius 3 is 1.45 bits per heavy atom. The maximum absolute atomic E-state index is 2.17. The molecule has 1 heteroatoms. The van der Waals surface area contributed by atoms with Gasteiger partial charge in [-0.3, -0.25) is 4.70 Å². The molecular weight excluding hydrogens is 139 g/mol. The molecule has 0 N–H and O–H groups in total. The van der Waals surface area contributed by atoms with E-state index in [2.05, 4.69) is 38.1 Å². The second-order valence-electron chi connectivity index (χ2n) is 2.16. The van der Waals surface area contributed by atoms with Gasteiger partial charge in [-0.15, -0.1) is 0 Å². The predicted octanol–water partition coefficient (Wildman–Crippen LogP) is 3.48. The highest BCUT2D eigenvalue weighted by atomic mass is 19.0. The molecule has 0 nitrogen and oxygen atoms in total. The molecule has 0 heterocycles. The van der Waals surface area contributed by atoms with Crippen molar-refractivity contribution in [1.29, 1.82) is 0 Å². The second-order valence-corrected chi connectivity index (χ2v) is 2.16. The minimum atomic E-state index is 0. The van der Waals surface area contributed by atoms with Crippen molar-refractivity contribution in [1.82, 2.24) is 0 Å². The van der Waals surface area contributed by atoms with E-state index in [4.69, 9.17) is 0 Å². The summed E-state index contributed by atoms with van der Waals surface area (Å²) in [5, 5.41) is 0. The fourth-order valence-corrected chi connectivity index (χ4v) is 0.807. The van der Waals surface area contributed by atoms with E-state index in [0.717, 1.165) is 0 Å². The quantitative estimate of drug-likeness (QED) is 0.539. The SMILES string of the molecule is CC.Cc1cccc(C)c1.F. The van der Waals surface area contributed by atoms with Gasteiger partial charge in [-0.25, -0.2) is 0 Å². The van der Waals surface area contributed by atoms with Gasteiger partial charge in [0.1, 0.15) is 0 Å². The van der Waals surface area contributed by atoms with Crippen LogP contribution in [-0.4, -0.2) is 0 Å². The average Bonchev–Trinajstić information content (AvgIpc) is 1.91. The van der Waals surface area contributed by atoms with E-state index in [1.165, 1.54) is 11.1 Å². The highest BCUT2D eigenvalue weighted by Gasteiger charge is 1.80. The largest absolute Gasteiger partial charge is 0.269 e. The number of aryl methyl sites for hydroxylation is 2. The van der Waals surface area contributed by atoms with Crippen LogP contribution < -0.4 is 0 Å². The highest BCUT2D eigenvalue weighted by Crippen LogP contribution is 2.00. The van der Waals surface area contributed by atoms with Crippen molar-refractivity contribution >= 4 is 0 Å². The smallest absolute Gasteiger partial charge is 0.0398 e. The number of halogens is 1. The lowest BCUT2D eigenvalue weighted by molar-refractivity contribution is 1.11. The van der Waals surface area contributed by atoms with Crippen LogP contribution in [0.1, 0.15) is 25.0 Å².